The van der Waals surface area contributed by atoms with Crippen molar-refractivity contribution < 1.29 is 22.4 Å². The van der Waals surface area contributed by atoms with E-state index in [1.165, 1.54) is 43.2 Å². The largest absolute Gasteiger partial charge is 0.497 e. The van der Waals surface area contributed by atoms with Gasteiger partial charge < -0.3 is 9.15 Å². The number of fused-ring (bicyclic) bond motifs is 1. The Morgan fingerprint density at radius 3 is 2.55 bits per heavy atom. The molecule has 1 aliphatic carbocycles. The van der Waals surface area contributed by atoms with Gasteiger partial charge in [0.25, 0.3) is 0 Å². The molecule has 0 saturated heterocycles. The zero-order valence-electron chi connectivity index (χ0n) is 17.1. The van der Waals surface area contributed by atoms with E-state index in [0.29, 0.717) is 11.6 Å². The molecule has 2 aromatic carbocycles. The van der Waals surface area contributed by atoms with Gasteiger partial charge in [-0.05, 0) is 73.2 Å². The van der Waals surface area contributed by atoms with E-state index in [1.807, 2.05) is 6.07 Å². The maximum absolute atomic E-state index is 12.4. The second kappa shape index (κ2) is 8.89. The van der Waals surface area contributed by atoms with E-state index in [4.69, 9.17) is 9.15 Å². The lowest BCUT2D eigenvalue weighted by Gasteiger charge is -2.15. The van der Waals surface area contributed by atoms with Crippen molar-refractivity contribution in [2.24, 2.45) is 0 Å². The summed E-state index contributed by atoms with van der Waals surface area (Å²) >= 11 is 0. The number of nitrogens with zero attached hydrogens (tertiary/aromatic N) is 2. The van der Waals surface area contributed by atoms with Gasteiger partial charge in [0.05, 0.1) is 17.8 Å². The summed E-state index contributed by atoms with van der Waals surface area (Å²) in [5, 5.41) is 10.3. The fourth-order valence-corrected chi connectivity index (χ4v) is 4.81. The number of amides is 1. The third-order valence-electron chi connectivity index (χ3n) is 5.28. The standard InChI is InChI=1S/C22H23N3O5S/c1-29-18-8-10-19(11-9-18)31(27,28)13-12-20(26)23-22-25-24-21(30-22)17-7-6-15-4-2-3-5-16(15)14-17/h6-11,14H,2-5,12-13H2,1H3,(H,23,25,26). The van der Waals surface area contributed by atoms with E-state index in [2.05, 4.69) is 27.6 Å². The van der Waals surface area contributed by atoms with Gasteiger partial charge in [0.15, 0.2) is 9.84 Å². The summed E-state index contributed by atoms with van der Waals surface area (Å²) in [6.45, 7) is 0. The van der Waals surface area contributed by atoms with Crippen LogP contribution in [-0.4, -0.2) is 37.4 Å². The molecular weight excluding hydrogens is 418 g/mol. The van der Waals surface area contributed by atoms with E-state index in [1.54, 1.807) is 12.1 Å². The highest BCUT2D eigenvalue weighted by Crippen LogP contribution is 2.27. The molecule has 162 valence electrons. The molecule has 1 aromatic heterocycles. The van der Waals surface area contributed by atoms with Crippen LogP contribution in [0.15, 0.2) is 51.8 Å². The molecule has 0 bridgehead atoms. The second-order valence-corrected chi connectivity index (χ2v) is 9.50. The van der Waals surface area contributed by atoms with Crippen molar-refractivity contribution in [1.29, 1.82) is 0 Å². The van der Waals surface area contributed by atoms with Gasteiger partial charge >= 0.3 is 6.01 Å². The van der Waals surface area contributed by atoms with Crippen molar-refractivity contribution in [3.63, 3.8) is 0 Å². The van der Waals surface area contributed by atoms with Crippen LogP contribution in [0.3, 0.4) is 0 Å². The van der Waals surface area contributed by atoms with Crippen molar-refractivity contribution in [2.75, 3.05) is 18.2 Å². The van der Waals surface area contributed by atoms with Crippen molar-refractivity contribution in [3.05, 3.63) is 53.6 Å². The zero-order valence-corrected chi connectivity index (χ0v) is 17.9. The fraction of sp³-hybridized carbons (Fsp3) is 0.318. The lowest BCUT2D eigenvalue weighted by molar-refractivity contribution is -0.115. The average molecular weight is 442 g/mol. The third-order valence-corrected chi connectivity index (χ3v) is 7.02. The number of nitrogens with one attached hydrogen (secondary N) is 1. The van der Waals surface area contributed by atoms with Crippen molar-refractivity contribution in [1.82, 2.24) is 10.2 Å². The first-order valence-electron chi connectivity index (χ1n) is 10.1. The topological polar surface area (TPSA) is 111 Å². The van der Waals surface area contributed by atoms with Gasteiger partial charge in [0, 0.05) is 12.0 Å². The number of rotatable bonds is 7. The van der Waals surface area contributed by atoms with Crippen LogP contribution in [-0.2, 0) is 27.5 Å². The van der Waals surface area contributed by atoms with Crippen LogP contribution >= 0.6 is 0 Å². The fourth-order valence-electron chi connectivity index (χ4n) is 3.57. The number of sulfone groups is 1. The van der Waals surface area contributed by atoms with Crippen LogP contribution in [0.25, 0.3) is 11.5 Å². The number of carbonyl (C=O) groups excluding carboxylic acids is 1. The number of hydrogen-bond acceptors (Lipinski definition) is 7. The Morgan fingerprint density at radius 1 is 1.06 bits per heavy atom. The number of methoxy groups -OCH3 is 1. The minimum atomic E-state index is -3.60. The quantitative estimate of drug-likeness (QED) is 0.598. The highest BCUT2D eigenvalue weighted by Gasteiger charge is 2.19. The molecular formula is C22H23N3O5S. The van der Waals surface area contributed by atoms with E-state index in [-0.39, 0.29) is 23.1 Å². The lowest BCUT2D eigenvalue weighted by Crippen LogP contribution is -2.17. The van der Waals surface area contributed by atoms with Crippen LogP contribution in [0, 0.1) is 0 Å². The Morgan fingerprint density at radius 2 is 1.81 bits per heavy atom. The highest BCUT2D eigenvalue weighted by atomic mass is 32.2. The van der Waals surface area contributed by atoms with Gasteiger partial charge in [-0.3, -0.25) is 10.1 Å². The number of ether oxygens (including phenoxy) is 1. The summed E-state index contributed by atoms with van der Waals surface area (Å²) in [6.07, 6.45) is 4.26. The average Bonchev–Trinajstić information content (AvgIpc) is 3.26. The Labute approximate surface area is 180 Å². The molecule has 0 fully saturated rings. The van der Waals surface area contributed by atoms with Crippen molar-refractivity contribution >= 4 is 21.8 Å². The number of benzene rings is 2. The summed E-state index contributed by atoms with van der Waals surface area (Å²) in [5.74, 6) is 0.0202. The van der Waals surface area contributed by atoms with E-state index in [0.717, 1.165) is 18.4 Å². The molecule has 0 aliphatic heterocycles. The molecule has 31 heavy (non-hydrogen) atoms. The van der Waals surface area contributed by atoms with Crippen molar-refractivity contribution in [2.45, 2.75) is 37.0 Å². The van der Waals surface area contributed by atoms with Gasteiger partial charge in [0.2, 0.25) is 11.8 Å². The number of aromatic nitrogens is 2. The molecule has 9 heteroatoms. The summed E-state index contributed by atoms with van der Waals surface area (Å²) in [5.41, 5.74) is 3.44. The Balaban J connectivity index is 1.36. The van der Waals surface area contributed by atoms with Gasteiger partial charge in [-0.2, -0.15) is 0 Å². The molecule has 0 spiro atoms. The molecule has 0 saturated carbocycles. The van der Waals surface area contributed by atoms with E-state index < -0.39 is 15.7 Å². The lowest BCUT2D eigenvalue weighted by atomic mass is 9.90. The predicted molar refractivity (Wildman–Crippen MR) is 115 cm³/mol. The minimum absolute atomic E-state index is 0.0560. The van der Waals surface area contributed by atoms with Gasteiger partial charge in [-0.15, -0.1) is 5.10 Å². The number of anilines is 1. The van der Waals surface area contributed by atoms with E-state index >= 15 is 0 Å². The van der Waals surface area contributed by atoms with Gasteiger partial charge in [0.1, 0.15) is 5.75 Å². The normalized spacial score (nSPS) is 13.5. The SMILES string of the molecule is COc1ccc(S(=O)(=O)CCC(=O)Nc2nnc(-c3ccc4c(c3)CCCC4)o2)cc1. The Bertz CT molecular complexity index is 1190. The smallest absolute Gasteiger partial charge is 0.322 e. The maximum atomic E-state index is 12.4. The molecule has 0 radical (unpaired) electrons. The molecule has 1 amide bonds. The number of hydrogen-bond donors (Lipinski definition) is 1. The molecule has 4 rings (SSSR count). The molecule has 1 N–H and O–H groups in total. The van der Waals surface area contributed by atoms with Crippen LogP contribution in [0.2, 0.25) is 0 Å². The predicted octanol–water partition coefficient (Wildman–Crippen LogP) is 3.43. The molecule has 0 atom stereocenters. The van der Waals surface area contributed by atoms with Crippen LogP contribution in [0.5, 0.6) is 5.75 Å². The summed E-state index contributed by atoms with van der Waals surface area (Å²) < 4.78 is 35.4. The van der Waals surface area contributed by atoms with Crippen LogP contribution in [0.4, 0.5) is 6.01 Å². The highest BCUT2D eigenvalue weighted by molar-refractivity contribution is 7.91. The summed E-state index contributed by atoms with van der Waals surface area (Å²) in [4.78, 5) is 12.3. The molecule has 1 aliphatic rings. The van der Waals surface area contributed by atoms with Crippen LogP contribution < -0.4 is 10.1 Å². The first-order chi connectivity index (χ1) is 14.9. The summed E-state index contributed by atoms with van der Waals surface area (Å²) in [7, 11) is -2.10. The maximum Gasteiger partial charge on any atom is 0.322 e. The Hall–Kier alpha value is -3.20. The summed E-state index contributed by atoms with van der Waals surface area (Å²) in [6, 6.07) is 12.0. The molecule has 3 aromatic rings. The Kier molecular flexibility index (Phi) is 6.03. The molecule has 1 heterocycles. The second-order valence-electron chi connectivity index (χ2n) is 7.40. The third kappa shape index (κ3) is 4.93. The number of aryl methyl sites for hydroxylation is 2. The van der Waals surface area contributed by atoms with E-state index in [9.17, 15) is 13.2 Å². The molecule has 0 unspecified atom stereocenters. The van der Waals surface area contributed by atoms with Gasteiger partial charge in [-0.25, -0.2) is 8.42 Å². The first kappa shape index (κ1) is 21.0. The minimum Gasteiger partial charge on any atom is -0.497 e. The zero-order chi connectivity index (χ0) is 21.8. The monoisotopic (exact) mass is 441 g/mol. The first-order valence-corrected chi connectivity index (χ1v) is 11.7. The van der Waals surface area contributed by atoms with Gasteiger partial charge in [-0.1, -0.05) is 11.2 Å². The molecule has 8 nitrogen and oxygen atoms in total. The van der Waals surface area contributed by atoms with Crippen molar-refractivity contribution in [3.8, 4) is 17.2 Å². The van der Waals surface area contributed by atoms with Crippen LogP contribution in [0.1, 0.15) is 30.4 Å². The number of carbonyl (C=O) groups is 1.